The third kappa shape index (κ3) is 3.60. The Balaban J connectivity index is 1.91. The second kappa shape index (κ2) is 7.51. The zero-order valence-electron chi connectivity index (χ0n) is 17.6. The van der Waals surface area contributed by atoms with Crippen molar-refractivity contribution in [3.63, 3.8) is 0 Å². The minimum atomic E-state index is -3.92. The average molecular weight is 423 g/mol. The summed E-state index contributed by atoms with van der Waals surface area (Å²) in [5.41, 5.74) is 1.67. The highest BCUT2D eigenvalue weighted by Gasteiger charge is 2.31. The highest BCUT2D eigenvalue weighted by molar-refractivity contribution is 7.91. The SMILES string of the molecule is CC(C)(C)c1ccc(S(=O)(=O)c2c(C(=O)N3CCCC3)cnc3ccccc23)cc1. The van der Waals surface area contributed by atoms with Gasteiger partial charge in [0.2, 0.25) is 9.84 Å². The van der Waals surface area contributed by atoms with Gasteiger partial charge in [0.25, 0.3) is 5.91 Å². The van der Waals surface area contributed by atoms with E-state index >= 15 is 0 Å². The van der Waals surface area contributed by atoms with Crippen molar-refractivity contribution in [1.29, 1.82) is 0 Å². The number of carbonyl (C=O) groups is 1. The van der Waals surface area contributed by atoms with Crippen LogP contribution in [-0.4, -0.2) is 37.3 Å². The third-order valence-corrected chi connectivity index (χ3v) is 7.52. The van der Waals surface area contributed by atoms with Crippen LogP contribution in [0.15, 0.2) is 64.5 Å². The number of sulfone groups is 1. The van der Waals surface area contributed by atoms with Gasteiger partial charge in [0.15, 0.2) is 0 Å². The molecule has 0 saturated carbocycles. The number of fused-ring (bicyclic) bond motifs is 1. The number of hydrogen-bond acceptors (Lipinski definition) is 4. The molecule has 0 radical (unpaired) electrons. The summed E-state index contributed by atoms with van der Waals surface area (Å²) in [7, 11) is -3.92. The predicted octanol–water partition coefficient (Wildman–Crippen LogP) is 4.60. The smallest absolute Gasteiger partial charge is 0.256 e. The Labute approximate surface area is 177 Å². The van der Waals surface area contributed by atoms with Gasteiger partial charge in [0.05, 0.1) is 20.9 Å². The Morgan fingerprint density at radius 2 is 1.60 bits per heavy atom. The Hall–Kier alpha value is -2.73. The molecule has 1 amide bonds. The van der Waals surface area contributed by atoms with E-state index in [1.165, 1.54) is 6.20 Å². The summed E-state index contributed by atoms with van der Waals surface area (Å²) in [5, 5.41) is 0.474. The Morgan fingerprint density at radius 1 is 0.967 bits per heavy atom. The Kier molecular flexibility index (Phi) is 5.14. The normalized spacial score (nSPS) is 15.0. The van der Waals surface area contributed by atoms with Gasteiger partial charge < -0.3 is 4.90 Å². The molecule has 3 aromatic rings. The largest absolute Gasteiger partial charge is 0.339 e. The van der Waals surface area contributed by atoms with Gasteiger partial charge in [-0.15, -0.1) is 0 Å². The standard InChI is InChI=1S/C24H26N2O3S/c1-24(2,3)17-10-12-18(13-11-17)30(28,29)22-19-8-4-5-9-21(19)25-16-20(22)23(27)26-14-6-7-15-26/h4-5,8-13,16H,6-7,14-15H2,1-3H3. The monoisotopic (exact) mass is 422 g/mol. The van der Waals surface area contributed by atoms with Crippen LogP contribution in [0.5, 0.6) is 0 Å². The van der Waals surface area contributed by atoms with Gasteiger partial charge >= 0.3 is 0 Å². The first-order chi connectivity index (χ1) is 14.2. The lowest BCUT2D eigenvalue weighted by molar-refractivity contribution is 0.0789. The minimum Gasteiger partial charge on any atom is -0.339 e. The molecule has 0 unspecified atom stereocenters. The van der Waals surface area contributed by atoms with E-state index in [1.807, 2.05) is 18.2 Å². The molecule has 30 heavy (non-hydrogen) atoms. The van der Waals surface area contributed by atoms with Crippen LogP contribution in [-0.2, 0) is 15.3 Å². The maximum Gasteiger partial charge on any atom is 0.256 e. The Bertz CT molecular complexity index is 1200. The lowest BCUT2D eigenvalue weighted by atomic mass is 9.87. The molecular weight excluding hydrogens is 396 g/mol. The van der Waals surface area contributed by atoms with Crippen molar-refractivity contribution in [2.45, 2.75) is 48.8 Å². The van der Waals surface area contributed by atoms with Crippen LogP contribution >= 0.6 is 0 Å². The average Bonchev–Trinajstić information content (AvgIpc) is 3.26. The van der Waals surface area contributed by atoms with E-state index in [-0.39, 0.29) is 26.7 Å². The molecule has 1 saturated heterocycles. The number of aromatic nitrogens is 1. The zero-order valence-corrected chi connectivity index (χ0v) is 18.4. The molecule has 4 rings (SSSR count). The number of nitrogens with zero attached hydrogens (tertiary/aromatic N) is 2. The summed E-state index contributed by atoms with van der Waals surface area (Å²) >= 11 is 0. The molecule has 0 bridgehead atoms. The summed E-state index contributed by atoms with van der Waals surface area (Å²) in [5.74, 6) is -0.268. The van der Waals surface area contributed by atoms with Gasteiger partial charge in [-0.3, -0.25) is 9.78 Å². The second-order valence-corrected chi connectivity index (χ2v) is 10.7. The molecule has 2 aromatic carbocycles. The van der Waals surface area contributed by atoms with Gasteiger partial charge in [-0.1, -0.05) is 51.1 Å². The summed E-state index contributed by atoms with van der Waals surface area (Å²) in [4.78, 5) is 19.5. The van der Waals surface area contributed by atoms with Crippen LogP contribution in [0.4, 0.5) is 0 Å². The van der Waals surface area contributed by atoms with Gasteiger partial charge in [0, 0.05) is 24.7 Å². The third-order valence-electron chi connectivity index (χ3n) is 5.65. The van der Waals surface area contributed by atoms with Crippen molar-refractivity contribution in [3.05, 3.63) is 65.9 Å². The van der Waals surface area contributed by atoms with Crippen LogP contribution in [0.2, 0.25) is 0 Å². The molecule has 5 nitrogen and oxygen atoms in total. The maximum absolute atomic E-state index is 13.8. The summed E-state index contributed by atoms with van der Waals surface area (Å²) in [6, 6.07) is 14.0. The lowest BCUT2D eigenvalue weighted by Crippen LogP contribution is -2.29. The molecule has 1 aliphatic heterocycles. The number of rotatable bonds is 3. The van der Waals surface area contributed by atoms with Crippen LogP contribution in [0, 0.1) is 0 Å². The number of para-hydroxylation sites is 1. The molecule has 1 fully saturated rings. The first-order valence-electron chi connectivity index (χ1n) is 10.2. The maximum atomic E-state index is 13.8. The fourth-order valence-corrected chi connectivity index (χ4v) is 5.52. The van der Waals surface area contributed by atoms with E-state index in [9.17, 15) is 13.2 Å². The van der Waals surface area contributed by atoms with Crippen molar-refractivity contribution in [3.8, 4) is 0 Å². The molecule has 0 spiro atoms. The van der Waals surface area contributed by atoms with Gasteiger partial charge in [0.1, 0.15) is 0 Å². The van der Waals surface area contributed by atoms with Gasteiger partial charge in [-0.2, -0.15) is 0 Å². The van der Waals surface area contributed by atoms with Crippen LogP contribution < -0.4 is 0 Å². The number of benzene rings is 2. The van der Waals surface area contributed by atoms with E-state index < -0.39 is 9.84 Å². The highest BCUT2D eigenvalue weighted by Crippen LogP contribution is 2.33. The van der Waals surface area contributed by atoms with Crippen molar-refractivity contribution in [1.82, 2.24) is 9.88 Å². The summed E-state index contributed by atoms with van der Waals surface area (Å²) < 4.78 is 27.5. The van der Waals surface area contributed by atoms with Crippen LogP contribution in [0.3, 0.4) is 0 Å². The van der Waals surface area contributed by atoms with Gasteiger partial charge in [-0.05, 0) is 42.0 Å². The Morgan fingerprint density at radius 3 is 2.23 bits per heavy atom. The number of carbonyl (C=O) groups excluding carboxylic acids is 1. The number of likely N-dealkylation sites (tertiary alicyclic amines) is 1. The topological polar surface area (TPSA) is 67.3 Å². The summed E-state index contributed by atoms with van der Waals surface area (Å²) in [6.07, 6.45) is 3.28. The van der Waals surface area contributed by atoms with E-state index in [0.717, 1.165) is 18.4 Å². The van der Waals surface area contributed by atoms with Crippen LogP contribution in [0.25, 0.3) is 10.9 Å². The number of pyridine rings is 1. The lowest BCUT2D eigenvalue weighted by Gasteiger charge is -2.20. The fourth-order valence-electron chi connectivity index (χ4n) is 3.90. The fraction of sp³-hybridized carbons (Fsp3) is 0.333. The van der Waals surface area contributed by atoms with E-state index in [4.69, 9.17) is 0 Å². The van der Waals surface area contributed by atoms with Crippen LogP contribution in [0.1, 0.15) is 49.5 Å². The van der Waals surface area contributed by atoms with Crippen molar-refractivity contribution < 1.29 is 13.2 Å². The summed E-state index contributed by atoms with van der Waals surface area (Å²) in [6.45, 7) is 7.54. The molecule has 0 N–H and O–H groups in total. The molecular formula is C24H26N2O3S. The highest BCUT2D eigenvalue weighted by atomic mass is 32.2. The van der Waals surface area contributed by atoms with E-state index in [1.54, 1.807) is 35.2 Å². The van der Waals surface area contributed by atoms with Crippen molar-refractivity contribution in [2.24, 2.45) is 0 Å². The minimum absolute atomic E-state index is 0.0495. The predicted molar refractivity (Wildman–Crippen MR) is 117 cm³/mol. The van der Waals surface area contributed by atoms with Crippen molar-refractivity contribution >= 4 is 26.6 Å². The second-order valence-electron chi connectivity index (χ2n) is 8.80. The number of amides is 1. The van der Waals surface area contributed by atoms with E-state index in [0.29, 0.717) is 24.0 Å². The molecule has 156 valence electrons. The molecule has 0 atom stereocenters. The zero-order chi connectivity index (χ0) is 21.5. The molecule has 1 aromatic heterocycles. The number of hydrogen-bond donors (Lipinski definition) is 0. The van der Waals surface area contributed by atoms with Gasteiger partial charge in [-0.25, -0.2) is 8.42 Å². The molecule has 6 heteroatoms. The first-order valence-corrected chi connectivity index (χ1v) is 11.7. The van der Waals surface area contributed by atoms with Crippen molar-refractivity contribution in [2.75, 3.05) is 13.1 Å². The molecule has 2 heterocycles. The molecule has 0 aliphatic carbocycles. The first kappa shape index (κ1) is 20.5. The quantitative estimate of drug-likeness (QED) is 0.619. The molecule has 1 aliphatic rings. The van der Waals surface area contributed by atoms with E-state index in [2.05, 4.69) is 25.8 Å².